The fourth-order valence-corrected chi connectivity index (χ4v) is 3.29. The Labute approximate surface area is 186 Å². The lowest BCUT2D eigenvalue weighted by Crippen LogP contribution is -2.18. The van der Waals surface area contributed by atoms with Gasteiger partial charge in [-0.05, 0) is 48.9 Å². The van der Waals surface area contributed by atoms with Crippen LogP contribution in [0.4, 0.5) is 17.6 Å². The Kier molecular flexibility index (Phi) is 7.77. The first-order valence-electron chi connectivity index (χ1n) is 8.99. The Balaban J connectivity index is 0.000000245. The molecular formula is C21H18F4N2O5S. The number of aryl methyl sites for hydroxylation is 1. The second kappa shape index (κ2) is 9.96. The summed E-state index contributed by atoms with van der Waals surface area (Å²) in [6, 6.07) is 10.4. The van der Waals surface area contributed by atoms with Crippen LogP contribution in [0.25, 0.3) is 11.3 Å². The Morgan fingerprint density at radius 2 is 1.76 bits per heavy atom. The molecule has 0 aliphatic carbocycles. The molecule has 0 spiro atoms. The number of para-hydroxylation sites is 1. The SMILES string of the molecule is COc1ccccc1-c1ncc(S(=O)(=O)O)cc1C.NC(=O)c1ccc(F)cc1C(F)(F)F. The summed E-state index contributed by atoms with van der Waals surface area (Å²) in [5, 5.41) is 0. The number of benzene rings is 2. The molecule has 0 saturated heterocycles. The fraction of sp³-hybridized carbons (Fsp3) is 0.143. The van der Waals surface area contributed by atoms with Crippen LogP contribution in [-0.4, -0.2) is 31.0 Å². The second-order valence-electron chi connectivity index (χ2n) is 6.56. The number of halogens is 4. The lowest BCUT2D eigenvalue weighted by atomic mass is 10.1. The van der Waals surface area contributed by atoms with Gasteiger partial charge in [0.1, 0.15) is 16.5 Å². The number of rotatable bonds is 4. The molecule has 3 aromatic rings. The number of carbonyl (C=O) groups is 1. The number of ether oxygens (including phenoxy) is 1. The van der Waals surface area contributed by atoms with Crippen molar-refractivity contribution >= 4 is 16.0 Å². The first-order valence-corrected chi connectivity index (χ1v) is 10.4. The maximum atomic E-state index is 12.5. The number of primary amides is 1. The minimum Gasteiger partial charge on any atom is -0.496 e. The molecule has 0 unspecified atom stereocenters. The zero-order valence-electron chi connectivity index (χ0n) is 17.2. The number of nitrogens with two attached hydrogens (primary N) is 1. The van der Waals surface area contributed by atoms with Crippen molar-refractivity contribution in [2.24, 2.45) is 5.73 Å². The van der Waals surface area contributed by atoms with E-state index in [2.05, 4.69) is 4.98 Å². The number of hydrogen-bond acceptors (Lipinski definition) is 5. The Morgan fingerprint density at radius 3 is 2.27 bits per heavy atom. The number of carbonyl (C=O) groups excluding carboxylic acids is 1. The monoisotopic (exact) mass is 486 g/mol. The number of hydrogen-bond donors (Lipinski definition) is 2. The third kappa shape index (κ3) is 6.49. The van der Waals surface area contributed by atoms with Crippen molar-refractivity contribution in [3.63, 3.8) is 0 Å². The van der Waals surface area contributed by atoms with Crippen LogP contribution in [0.3, 0.4) is 0 Å². The van der Waals surface area contributed by atoms with Crippen molar-refractivity contribution in [1.82, 2.24) is 4.98 Å². The zero-order valence-corrected chi connectivity index (χ0v) is 18.0. The van der Waals surface area contributed by atoms with Crippen LogP contribution in [0.2, 0.25) is 0 Å². The van der Waals surface area contributed by atoms with Crippen LogP contribution in [0, 0.1) is 12.7 Å². The van der Waals surface area contributed by atoms with Gasteiger partial charge in [0.2, 0.25) is 5.91 Å². The normalized spacial score (nSPS) is 11.4. The van der Waals surface area contributed by atoms with Gasteiger partial charge in [0.05, 0.1) is 23.9 Å². The van der Waals surface area contributed by atoms with Crippen LogP contribution in [0.5, 0.6) is 5.75 Å². The van der Waals surface area contributed by atoms with Gasteiger partial charge in [-0.25, -0.2) is 4.39 Å². The third-order valence-corrected chi connectivity index (χ3v) is 5.08. The Hall–Kier alpha value is -3.51. The van der Waals surface area contributed by atoms with E-state index in [-0.39, 0.29) is 11.0 Å². The molecule has 0 aliphatic rings. The van der Waals surface area contributed by atoms with E-state index in [1.807, 2.05) is 18.2 Å². The quantitative estimate of drug-likeness (QED) is 0.420. The predicted octanol–water partition coefficient (Wildman–Crippen LogP) is 4.26. The summed E-state index contributed by atoms with van der Waals surface area (Å²) in [5.41, 5.74) is 4.63. The highest BCUT2D eigenvalue weighted by molar-refractivity contribution is 7.85. The maximum Gasteiger partial charge on any atom is 0.417 e. The molecule has 3 N–H and O–H groups in total. The Morgan fingerprint density at radius 1 is 1.12 bits per heavy atom. The van der Waals surface area contributed by atoms with Crippen molar-refractivity contribution in [2.45, 2.75) is 18.0 Å². The molecule has 0 atom stereocenters. The molecule has 12 heteroatoms. The smallest absolute Gasteiger partial charge is 0.417 e. The number of nitrogens with zero attached hydrogens (tertiary/aromatic N) is 1. The van der Waals surface area contributed by atoms with E-state index in [4.69, 9.17) is 15.0 Å². The first-order chi connectivity index (χ1) is 15.3. The van der Waals surface area contributed by atoms with Crippen molar-refractivity contribution < 1.29 is 40.1 Å². The van der Waals surface area contributed by atoms with E-state index in [1.54, 1.807) is 20.1 Å². The highest BCUT2D eigenvalue weighted by Gasteiger charge is 2.35. The van der Waals surface area contributed by atoms with Gasteiger partial charge >= 0.3 is 6.18 Å². The van der Waals surface area contributed by atoms with Gasteiger partial charge in [-0.2, -0.15) is 21.6 Å². The molecule has 7 nitrogen and oxygen atoms in total. The number of pyridine rings is 1. The van der Waals surface area contributed by atoms with Gasteiger partial charge in [0, 0.05) is 11.8 Å². The standard InChI is InChI=1S/C13H13NO4S.C8H5F4NO/c1-9-7-10(19(15,16)17)8-14-13(9)11-5-3-4-6-12(11)18-2;9-4-1-2-5(7(13)14)6(3-4)8(10,11)12/h3-8H,1-2H3,(H,15,16,17);1-3H,(H2,13,14). The molecule has 0 bridgehead atoms. The van der Waals surface area contributed by atoms with E-state index in [1.165, 1.54) is 6.07 Å². The minimum absolute atomic E-state index is 0.219. The summed E-state index contributed by atoms with van der Waals surface area (Å²) in [6.07, 6.45) is -3.66. The average molecular weight is 486 g/mol. The van der Waals surface area contributed by atoms with Crippen LogP contribution in [0.1, 0.15) is 21.5 Å². The molecule has 0 radical (unpaired) electrons. The van der Waals surface area contributed by atoms with E-state index in [9.17, 15) is 30.8 Å². The summed E-state index contributed by atoms with van der Waals surface area (Å²) in [6.45, 7) is 1.73. The van der Waals surface area contributed by atoms with E-state index in [0.29, 0.717) is 23.1 Å². The average Bonchev–Trinajstić information content (AvgIpc) is 2.72. The highest BCUT2D eigenvalue weighted by atomic mass is 32.2. The van der Waals surface area contributed by atoms with Gasteiger partial charge in [0.25, 0.3) is 10.1 Å². The molecule has 2 aromatic carbocycles. The molecule has 3 rings (SSSR count). The predicted molar refractivity (Wildman–Crippen MR) is 111 cm³/mol. The molecule has 1 aromatic heterocycles. The Bertz CT molecular complexity index is 1280. The second-order valence-corrected chi connectivity index (χ2v) is 7.99. The third-order valence-electron chi connectivity index (χ3n) is 4.27. The molecule has 176 valence electrons. The number of amides is 1. The maximum absolute atomic E-state index is 12.5. The fourth-order valence-electron chi connectivity index (χ4n) is 2.78. The van der Waals surface area contributed by atoms with E-state index >= 15 is 0 Å². The van der Waals surface area contributed by atoms with E-state index < -0.39 is 39.1 Å². The van der Waals surface area contributed by atoms with Crippen LogP contribution >= 0.6 is 0 Å². The topological polar surface area (TPSA) is 120 Å². The number of alkyl halides is 3. The summed E-state index contributed by atoms with van der Waals surface area (Å²) in [7, 11) is -2.68. The van der Waals surface area contributed by atoms with Gasteiger partial charge < -0.3 is 10.5 Å². The van der Waals surface area contributed by atoms with Crippen molar-refractivity contribution in [3.8, 4) is 17.0 Å². The molecule has 1 heterocycles. The van der Waals surface area contributed by atoms with Gasteiger partial charge in [-0.15, -0.1) is 0 Å². The van der Waals surface area contributed by atoms with Gasteiger partial charge in [-0.3, -0.25) is 14.3 Å². The summed E-state index contributed by atoms with van der Waals surface area (Å²) in [5.74, 6) is -1.66. The van der Waals surface area contributed by atoms with Crippen LogP contribution in [0.15, 0.2) is 59.6 Å². The van der Waals surface area contributed by atoms with Crippen molar-refractivity contribution in [2.75, 3.05) is 7.11 Å². The molecule has 33 heavy (non-hydrogen) atoms. The van der Waals surface area contributed by atoms with Crippen molar-refractivity contribution in [1.29, 1.82) is 0 Å². The van der Waals surface area contributed by atoms with E-state index in [0.717, 1.165) is 17.8 Å². The number of aromatic nitrogens is 1. The van der Waals surface area contributed by atoms with Crippen molar-refractivity contribution in [3.05, 3.63) is 77.2 Å². The van der Waals surface area contributed by atoms with Gasteiger partial charge in [-0.1, -0.05) is 12.1 Å². The minimum atomic E-state index is -4.79. The largest absolute Gasteiger partial charge is 0.496 e. The molecular weight excluding hydrogens is 468 g/mol. The number of methoxy groups -OCH3 is 1. The van der Waals surface area contributed by atoms with Gasteiger partial charge in [0.15, 0.2) is 0 Å². The molecule has 1 amide bonds. The summed E-state index contributed by atoms with van der Waals surface area (Å²) >= 11 is 0. The summed E-state index contributed by atoms with van der Waals surface area (Å²) in [4.78, 5) is 14.5. The zero-order chi connectivity index (χ0) is 25.0. The summed E-state index contributed by atoms with van der Waals surface area (Å²) < 4.78 is 85.5. The highest BCUT2D eigenvalue weighted by Crippen LogP contribution is 2.32. The molecule has 0 saturated carbocycles. The molecule has 0 fully saturated rings. The lowest BCUT2D eigenvalue weighted by molar-refractivity contribution is -0.138. The van der Waals surface area contributed by atoms with Crippen LogP contribution < -0.4 is 10.5 Å². The lowest BCUT2D eigenvalue weighted by Gasteiger charge is -2.10. The first kappa shape index (κ1) is 25.7. The molecule has 0 aliphatic heterocycles. The van der Waals surface area contributed by atoms with Crippen LogP contribution in [-0.2, 0) is 16.3 Å².